The van der Waals surface area contributed by atoms with Crippen LogP contribution < -0.4 is 15.4 Å². The number of nitrogens with zero attached hydrogens (tertiary/aromatic N) is 2. The molecule has 2 amide bonds. The third-order valence-electron chi connectivity index (χ3n) is 6.04. The van der Waals surface area contributed by atoms with Crippen LogP contribution in [0.25, 0.3) is 0 Å². The Labute approximate surface area is 188 Å². The van der Waals surface area contributed by atoms with E-state index < -0.39 is 10.0 Å². The summed E-state index contributed by atoms with van der Waals surface area (Å²) in [5.74, 6) is -0.412. The summed E-state index contributed by atoms with van der Waals surface area (Å²) in [6.45, 7) is 2.83. The topological polar surface area (TPSA) is 113 Å². The van der Waals surface area contributed by atoms with Crippen LogP contribution in [0.1, 0.15) is 35.2 Å². The van der Waals surface area contributed by atoms with Crippen LogP contribution in [0, 0.1) is 5.92 Å². The van der Waals surface area contributed by atoms with Gasteiger partial charge in [0.25, 0.3) is 5.91 Å². The molecule has 0 saturated carbocycles. The van der Waals surface area contributed by atoms with Gasteiger partial charge in [-0.1, -0.05) is 12.1 Å². The fraction of sp³-hybridized carbons (Fsp3) is 0.391. The van der Waals surface area contributed by atoms with Crippen molar-refractivity contribution in [2.75, 3.05) is 35.0 Å². The molecule has 0 bridgehead atoms. The minimum atomic E-state index is -3.24. The molecule has 0 aliphatic carbocycles. The summed E-state index contributed by atoms with van der Waals surface area (Å²) in [5.41, 5.74) is 8.28. The monoisotopic (exact) mass is 456 g/mol. The lowest BCUT2D eigenvalue weighted by atomic mass is 9.97. The molecule has 1 atom stereocenters. The van der Waals surface area contributed by atoms with Crippen LogP contribution in [0.3, 0.4) is 0 Å². The largest absolute Gasteiger partial charge is 0.369 e. The van der Waals surface area contributed by atoms with Gasteiger partial charge in [-0.25, -0.2) is 8.42 Å². The zero-order valence-corrected chi connectivity index (χ0v) is 18.7. The Bertz CT molecular complexity index is 1080. The van der Waals surface area contributed by atoms with E-state index in [0.29, 0.717) is 36.4 Å². The van der Waals surface area contributed by atoms with Crippen molar-refractivity contribution in [3.63, 3.8) is 0 Å². The highest BCUT2D eigenvalue weighted by Crippen LogP contribution is 2.24. The fourth-order valence-corrected chi connectivity index (χ4v) is 5.86. The predicted molar refractivity (Wildman–Crippen MR) is 124 cm³/mol. The zero-order valence-electron chi connectivity index (χ0n) is 17.9. The number of carbonyl (C=O) groups excluding carboxylic acids is 2. The van der Waals surface area contributed by atoms with Crippen molar-refractivity contribution in [1.82, 2.24) is 4.90 Å². The zero-order chi connectivity index (χ0) is 22.7. The Hall–Kier alpha value is -2.91. The quantitative estimate of drug-likeness (QED) is 0.692. The fourth-order valence-electron chi connectivity index (χ4n) is 4.29. The number of sulfonamides is 1. The molecule has 0 aromatic heterocycles. The molecular weight excluding hydrogens is 428 g/mol. The average molecular weight is 457 g/mol. The highest BCUT2D eigenvalue weighted by Gasteiger charge is 2.28. The lowest BCUT2D eigenvalue weighted by molar-refractivity contribution is -0.123. The van der Waals surface area contributed by atoms with E-state index >= 15 is 0 Å². The summed E-state index contributed by atoms with van der Waals surface area (Å²) >= 11 is 0. The predicted octanol–water partition coefficient (Wildman–Crippen LogP) is 2.18. The number of carbonyl (C=O) groups is 2. The molecule has 170 valence electrons. The summed E-state index contributed by atoms with van der Waals surface area (Å²) in [4.78, 5) is 26.3. The molecular formula is C23H28N4O4S. The summed E-state index contributed by atoms with van der Waals surface area (Å²) in [6, 6.07) is 14.2. The van der Waals surface area contributed by atoms with E-state index in [9.17, 15) is 18.0 Å². The van der Waals surface area contributed by atoms with Crippen LogP contribution in [-0.4, -0.2) is 50.5 Å². The Morgan fingerprint density at radius 3 is 2.34 bits per heavy atom. The molecule has 3 N–H and O–H groups in total. The van der Waals surface area contributed by atoms with Gasteiger partial charge >= 0.3 is 0 Å². The van der Waals surface area contributed by atoms with Crippen molar-refractivity contribution >= 4 is 33.2 Å². The standard InChI is InChI=1S/C23H28N4O4S/c24-22(28)19-3-1-12-26(16-19)15-17-4-8-20(9-5-17)25-23(29)18-6-10-21(11-7-18)27-13-2-14-32(27,30)31/h4-11,19H,1-3,12-16H2,(H2,24,28)(H,25,29). The van der Waals surface area contributed by atoms with E-state index in [-0.39, 0.29) is 23.5 Å². The second-order valence-corrected chi connectivity index (χ2v) is 10.4. The number of benzene rings is 2. The van der Waals surface area contributed by atoms with Gasteiger partial charge in [0, 0.05) is 30.9 Å². The van der Waals surface area contributed by atoms with E-state index in [1.54, 1.807) is 24.3 Å². The highest BCUT2D eigenvalue weighted by molar-refractivity contribution is 7.93. The molecule has 1 unspecified atom stereocenters. The van der Waals surface area contributed by atoms with Crippen LogP contribution in [-0.2, 0) is 21.4 Å². The maximum absolute atomic E-state index is 12.6. The van der Waals surface area contributed by atoms with Crippen LogP contribution in [0.4, 0.5) is 11.4 Å². The third kappa shape index (κ3) is 5.11. The Morgan fingerprint density at radius 1 is 1.00 bits per heavy atom. The first-order valence-corrected chi connectivity index (χ1v) is 12.5. The molecule has 2 heterocycles. The van der Waals surface area contributed by atoms with Gasteiger partial charge in [0.15, 0.2) is 0 Å². The molecule has 0 radical (unpaired) electrons. The van der Waals surface area contributed by atoms with Crippen molar-refractivity contribution in [1.29, 1.82) is 0 Å². The van der Waals surface area contributed by atoms with Crippen molar-refractivity contribution in [2.24, 2.45) is 11.7 Å². The molecule has 2 fully saturated rings. The van der Waals surface area contributed by atoms with Gasteiger partial charge in [0.2, 0.25) is 15.9 Å². The molecule has 32 heavy (non-hydrogen) atoms. The number of likely N-dealkylation sites (tertiary alicyclic amines) is 1. The average Bonchev–Trinajstić information content (AvgIpc) is 3.14. The van der Waals surface area contributed by atoms with Gasteiger partial charge in [-0.15, -0.1) is 0 Å². The smallest absolute Gasteiger partial charge is 0.255 e. The molecule has 2 aromatic carbocycles. The Balaban J connectivity index is 1.34. The van der Waals surface area contributed by atoms with Crippen molar-refractivity contribution in [2.45, 2.75) is 25.8 Å². The highest BCUT2D eigenvalue weighted by atomic mass is 32.2. The summed E-state index contributed by atoms with van der Waals surface area (Å²) in [5, 5.41) is 2.87. The van der Waals surface area contributed by atoms with Crippen LogP contribution in [0.15, 0.2) is 48.5 Å². The van der Waals surface area contributed by atoms with E-state index in [4.69, 9.17) is 5.73 Å². The molecule has 9 heteroatoms. The minimum absolute atomic E-state index is 0.0840. The van der Waals surface area contributed by atoms with Crippen molar-refractivity contribution < 1.29 is 18.0 Å². The lowest BCUT2D eigenvalue weighted by Gasteiger charge is -2.31. The third-order valence-corrected chi connectivity index (χ3v) is 7.91. The van der Waals surface area contributed by atoms with Crippen molar-refractivity contribution in [3.8, 4) is 0 Å². The first-order valence-electron chi connectivity index (χ1n) is 10.8. The minimum Gasteiger partial charge on any atom is -0.369 e. The Morgan fingerprint density at radius 2 is 1.72 bits per heavy atom. The van der Waals surface area contributed by atoms with Gasteiger partial charge in [-0.2, -0.15) is 0 Å². The first-order chi connectivity index (χ1) is 15.3. The number of nitrogens with two attached hydrogens (primary N) is 1. The number of rotatable bonds is 6. The normalized spacial score (nSPS) is 20.8. The molecule has 2 aliphatic heterocycles. The molecule has 2 saturated heterocycles. The van der Waals surface area contributed by atoms with Crippen LogP contribution in [0.5, 0.6) is 0 Å². The van der Waals surface area contributed by atoms with E-state index in [2.05, 4.69) is 10.2 Å². The van der Waals surface area contributed by atoms with Gasteiger partial charge < -0.3 is 11.1 Å². The number of piperidine rings is 1. The van der Waals surface area contributed by atoms with E-state index in [1.807, 2.05) is 24.3 Å². The second-order valence-electron chi connectivity index (χ2n) is 8.42. The van der Waals surface area contributed by atoms with Gasteiger partial charge in [0.1, 0.15) is 0 Å². The number of primary amides is 1. The van der Waals surface area contributed by atoms with Gasteiger partial charge in [-0.05, 0) is 67.8 Å². The maximum Gasteiger partial charge on any atom is 0.255 e. The van der Waals surface area contributed by atoms with Gasteiger partial charge in [0.05, 0.1) is 17.4 Å². The summed E-state index contributed by atoms with van der Waals surface area (Å²) in [7, 11) is -3.24. The van der Waals surface area contributed by atoms with Crippen molar-refractivity contribution in [3.05, 3.63) is 59.7 Å². The molecule has 2 aromatic rings. The molecule has 8 nitrogen and oxygen atoms in total. The molecule has 4 rings (SSSR count). The van der Waals surface area contributed by atoms with E-state index in [1.165, 1.54) is 4.31 Å². The van der Waals surface area contributed by atoms with E-state index in [0.717, 1.165) is 31.5 Å². The number of anilines is 2. The number of amides is 2. The second kappa shape index (κ2) is 9.30. The SMILES string of the molecule is NC(=O)C1CCCN(Cc2ccc(NC(=O)c3ccc(N4CCCS4(=O)=O)cc3)cc2)C1. The maximum atomic E-state index is 12.6. The number of nitrogens with one attached hydrogen (secondary N) is 1. The molecule has 0 spiro atoms. The van der Waals surface area contributed by atoms with Gasteiger partial charge in [-0.3, -0.25) is 18.8 Å². The lowest BCUT2D eigenvalue weighted by Crippen LogP contribution is -2.40. The Kier molecular flexibility index (Phi) is 6.48. The number of hydrogen-bond donors (Lipinski definition) is 2. The first kappa shape index (κ1) is 22.3. The molecule has 2 aliphatic rings. The van der Waals surface area contributed by atoms with Crippen LogP contribution >= 0.6 is 0 Å². The summed E-state index contributed by atoms with van der Waals surface area (Å²) < 4.78 is 25.5. The number of hydrogen-bond acceptors (Lipinski definition) is 5. The summed E-state index contributed by atoms with van der Waals surface area (Å²) in [6.07, 6.45) is 2.43. The van der Waals surface area contributed by atoms with Crippen LogP contribution in [0.2, 0.25) is 0 Å².